The lowest BCUT2D eigenvalue weighted by Crippen LogP contribution is -2.27. The average Bonchev–Trinajstić information content (AvgIpc) is 3.03. The average molecular weight is 399 g/mol. The topological polar surface area (TPSA) is 67.4 Å². The Balaban J connectivity index is 1.75. The highest BCUT2D eigenvalue weighted by Gasteiger charge is 2.26. The van der Waals surface area contributed by atoms with Gasteiger partial charge in [-0.05, 0) is 56.2 Å². The van der Waals surface area contributed by atoms with Gasteiger partial charge in [-0.25, -0.2) is 0 Å². The number of fused-ring (bicyclic) bond motifs is 1. The van der Waals surface area contributed by atoms with Gasteiger partial charge in [0.2, 0.25) is 0 Å². The summed E-state index contributed by atoms with van der Waals surface area (Å²) in [6.07, 6.45) is 5.65. The van der Waals surface area contributed by atoms with Gasteiger partial charge < -0.3 is 15.4 Å². The van der Waals surface area contributed by atoms with E-state index in [0.717, 1.165) is 48.1 Å². The summed E-state index contributed by atoms with van der Waals surface area (Å²) in [7, 11) is 0. The summed E-state index contributed by atoms with van der Waals surface area (Å²) in [6.45, 7) is 7.85. The maximum Gasteiger partial charge on any atom is 0.262 e. The zero-order chi connectivity index (χ0) is 20.1. The zero-order valence-corrected chi connectivity index (χ0v) is 17.2. The number of carbonyl (C=O) groups excluding carboxylic acids is 2. The van der Waals surface area contributed by atoms with Gasteiger partial charge in [0.25, 0.3) is 11.8 Å². The van der Waals surface area contributed by atoms with Gasteiger partial charge in [0.1, 0.15) is 10.8 Å². The molecule has 0 unspecified atom stereocenters. The molecule has 2 aromatic rings. The van der Waals surface area contributed by atoms with Crippen LogP contribution >= 0.6 is 11.3 Å². The van der Waals surface area contributed by atoms with Crippen molar-refractivity contribution in [3.8, 4) is 5.75 Å². The monoisotopic (exact) mass is 398 g/mol. The third kappa shape index (κ3) is 4.44. The van der Waals surface area contributed by atoms with Crippen molar-refractivity contribution in [3.05, 3.63) is 58.0 Å². The Labute approximate surface area is 169 Å². The molecule has 5 nitrogen and oxygen atoms in total. The summed E-state index contributed by atoms with van der Waals surface area (Å²) < 4.78 is 5.75. The molecule has 0 saturated carbocycles. The van der Waals surface area contributed by atoms with Crippen LogP contribution < -0.4 is 15.4 Å². The number of carbonyl (C=O) groups is 2. The Morgan fingerprint density at radius 1 is 1.21 bits per heavy atom. The number of hydrogen-bond acceptors (Lipinski definition) is 4. The van der Waals surface area contributed by atoms with Crippen molar-refractivity contribution in [3.63, 3.8) is 0 Å². The van der Waals surface area contributed by atoms with Crippen LogP contribution in [0.5, 0.6) is 5.75 Å². The third-order valence-corrected chi connectivity index (χ3v) is 6.02. The minimum atomic E-state index is -0.265. The number of aryl methyl sites for hydroxylation is 3. The smallest absolute Gasteiger partial charge is 0.262 e. The van der Waals surface area contributed by atoms with Crippen LogP contribution in [-0.4, -0.2) is 25.0 Å². The van der Waals surface area contributed by atoms with E-state index in [-0.39, 0.29) is 18.4 Å². The Kier molecular flexibility index (Phi) is 6.52. The van der Waals surface area contributed by atoms with Gasteiger partial charge >= 0.3 is 0 Å². The van der Waals surface area contributed by atoms with Crippen LogP contribution in [0.1, 0.15) is 44.8 Å². The molecule has 28 heavy (non-hydrogen) atoms. The first-order valence-corrected chi connectivity index (χ1v) is 10.4. The number of nitrogens with one attached hydrogen (secondary N) is 2. The molecule has 0 bridgehead atoms. The highest BCUT2D eigenvalue weighted by atomic mass is 32.1. The molecule has 0 aliphatic heterocycles. The molecule has 2 amide bonds. The quantitative estimate of drug-likeness (QED) is 0.688. The second kappa shape index (κ2) is 9.06. The minimum Gasteiger partial charge on any atom is -0.483 e. The lowest BCUT2D eigenvalue weighted by molar-refractivity contribution is -0.118. The molecule has 0 spiro atoms. The number of amides is 2. The van der Waals surface area contributed by atoms with Crippen LogP contribution in [-0.2, 0) is 17.6 Å². The molecule has 1 aliphatic rings. The molecule has 0 atom stereocenters. The normalized spacial score (nSPS) is 12.8. The third-order valence-electron chi connectivity index (χ3n) is 4.81. The van der Waals surface area contributed by atoms with E-state index in [9.17, 15) is 9.59 Å². The summed E-state index contributed by atoms with van der Waals surface area (Å²) in [4.78, 5) is 26.4. The van der Waals surface area contributed by atoms with E-state index in [0.29, 0.717) is 17.1 Å². The van der Waals surface area contributed by atoms with Crippen LogP contribution in [0.2, 0.25) is 0 Å². The molecular weight excluding hydrogens is 372 g/mol. The lowest BCUT2D eigenvalue weighted by Gasteiger charge is -2.13. The first kappa shape index (κ1) is 20.1. The number of ether oxygens (including phenoxy) is 1. The van der Waals surface area contributed by atoms with E-state index in [1.807, 2.05) is 32.0 Å². The number of anilines is 1. The maximum absolute atomic E-state index is 12.7. The van der Waals surface area contributed by atoms with Gasteiger partial charge in [-0.15, -0.1) is 17.9 Å². The summed E-state index contributed by atoms with van der Waals surface area (Å²) in [6, 6.07) is 5.87. The van der Waals surface area contributed by atoms with E-state index in [4.69, 9.17) is 4.74 Å². The number of hydrogen-bond donors (Lipinski definition) is 2. The van der Waals surface area contributed by atoms with Crippen molar-refractivity contribution < 1.29 is 14.3 Å². The van der Waals surface area contributed by atoms with Gasteiger partial charge in [-0.3, -0.25) is 9.59 Å². The standard InChI is InChI=1S/C22H26N2O3S/c1-4-12-23-21(26)19-16-10-5-6-11-17(16)28-22(19)24-18(25)13-27-20-14(2)8-7-9-15(20)3/h4,7-9H,1,5-6,10-13H2,2-3H3,(H,23,26)(H,24,25). The molecule has 6 heteroatoms. The predicted octanol–water partition coefficient (Wildman–Crippen LogP) is 4.18. The highest BCUT2D eigenvalue weighted by molar-refractivity contribution is 7.17. The Morgan fingerprint density at radius 2 is 1.93 bits per heavy atom. The Morgan fingerprint density at radius 3 is 2.64 bits per heavy atom. The van der Waals surface area contributed by atoms with E-state index in [1.54, 1.807) is 6.08 Å². The predicted molar refractivity (Wildman–Crippen MR) is 114 cm³/mol. The first-order valence-electron chi connectivity index (χ1n) is 9.53. The molecule has 1 heterocycles. The molecular formula is C22H26N2O3S. The molecule has 0 saturated heterocycles. The fourth-order valence-corrected chi connectivity index (χ4v) is 4.78. The number of thiophene rings is 1. The van der Waals surface area contributed by atoms with Crippen molar-refractivity contribution in [1.29, 1.82) is 0 Å². The number of para-hydroxylation sites is 1. The molecule has 0 fully saturated rings. The molecule has 1 aliphatic carbocycles. The summed E-state index contributed by atoms with van der Waals surface area (Å²) in [5, 5.41) is 6.36. The minimum absolute atomic E-state index is 0.0953. The Bertz CT molecular complexity index is 881. The largest absolute Gasteiger partial charge is 0.483 e. The van der Waals surface area contributed by atoms with Gasteiger partial charge in [-0.1, -0.05) is 24.3 Å². The van der Waals surface area contributed by atoms with E-state index in [1.165, 1.54) is 16.2 Å². The molecule has 2 N–H and O–H groups in total. The SMILES string of the molecule is C=CCNC(=O)c1c(NC(=O)COc2c(C)cccc2C)sc2c1CCCC2. The molecule has 0 radical (unpaired) electrons. The fourth-order valence-electron chi connectivity index (χ4n) is 3.47. The Hall–Kier alpha value is -2.60. The lowest BCUT2D eigenvalue weighted by atomic mass is 9.95. The molecule has 3 rings (SSSR count). The maximum atomic E-state index is 12.7. The van der Waals surface area contributed by atoms with Crippen LogP contribution in [0.15, 0.2) is 30.9 Å². The molecule has 148 valence electrons. The van der Waals surface area contributed by atoms with Gasteiger partial charge in [0.15, 0.2) is 6.61 Å². The van der Waals surface area contributed by atoms with Gasteiger partial charge in [0.05, 0.1) is 5.56 Å². The van der Waals surface area contributed by atoms with Crippen molar-refractivity contribution >= 4 is 28.2 Å². The second-order valence-electron chi connectivity index (χ2n) is 6.97. The van der Waals surface area contributed by atoms with E-state index in [2.05, 4.69) is 17.2 Å². The van der Waals surface area contributed by atoms with Crippen molar-refractivity contribution in [2.45, 2.75) is 39.5 Å². The van der Waals surface area contributed by atoms with Crippen LogP contribution in [0.4, 0.5) is 5.00 Å². The van der Waals surface area contributed by atoms with Crippen molar-refractivity contribution in [2.75, 3.05) is 18.5 Å². The van der Waals surface area contributed by atoms with Crippen molar-refractivity contribution in [1.82, 2.24) is 5.32 Å². The first-order chi connectivity index (χ1) is 13.5. The fraction of sp³-hybridized carbons (Fsp3) is 0.364. The van der Waals surface area contributed by atoms with Crippen LogP contribution in [0, 0.1) is 13.8 Å². The number of benzene rings is 1. The van der Waals surface area contributed by atoms with Gasteiger partial charge in [-0.2, -0.15) is 0 Å². The van der Waals surface area contributed by atoms with E-state index >= 15 is 0 Å². The highest BCUT2D eigenvalue weighted by Crippen LogP contribution is 2.38. The summed E-state index contributed by atoms with van der Waals surface area (Å²) in [5.74, 6) is 0.302. The molecule has 1 aromatic heterocycles. The van der Waals surface area contributed by atoms with Crippen LogP contribution in [0.25, 0.3) is 0 Å². The number of rotatable bonds is 7. The van der Waals surface area contributed by atoms with Gasteiger partial charge in [0, 0.05) is 11.4 Å². The molecule has 1 aromatic carbocycles. The zero-order valence-electron chi connectivity index (χ0n) is 16.4. The summed E-state index contributed by atoms with van der Waals surface area (Å²) in [5.41, 5.74) is 3.65. The van der Waals surface area contributed by atoms with E-state index < -0.39 is 0 Å². The summed E-state index contributed by atoms with van der Waals surface area (Å²) >= 11 is 1.51. The second-order valence-corrected chi connectivity index (χ2v) is 8.08. The van der Waals surface area contributed by atoms with Crippen molar-refractivity contribution in [2.24, 2.45) is 0 Å². The van der Waals surface area contributed by atoms with Crippen LogP contribution in [0.3, 0.4) is 0 Å².